The van der Waals surface area contributed by atoms with Gasteiger partial charge in [0.2, 0.25) is 0 Å². The molecule has 0 unspecified atom stereocenters. The van der Waals surface area contributed by atoms with Gasteiger partial charge in [-0.3, -0.25) is 10.1 Å². The molecule has 0 bridgehead atoms. The fraction of sp³-hybridized carbons (Fsp3) is 0.292. The lowest BCUT2D eigenvalue weighted by Crippen LogP contribution is -2.39. The zero-order valence-corrected chi connectivity index (χ0v) is 17.9. The molecule has 0 atom stereocenters. The molecule has 1 amide bonds. The van der Waals surface area contributed by atoms with Crippen molar-refractivity contribution in [3.63, 3.8) is 0 Å². The summed E-state index contributed by atoms with van der Waals surface area (Å²) in [6, 6.07) is 14.6. The van der Waals surface area contributed by atoms with Crippen molar-refractivity contribution in [1.29, 1.82) is 0 Å². The minimum Gasteiger partial charge on any atom is -0.444 e. The zero-order chi connectivity index (χ0) is 22.2. The number of aromatic nitrogens is 1. The molecule has 7 nitrogen and oxygen atoms in total. The molecular weight excluding hydrogens is 394 g/mol. The molecule has 31 heavy (non-hydrogen) atoms. The first-order valence-corrected chi connectivity index (χ1v) is 10.3. The Morgan fingerprint density at radius 2 is 1.81 bits per heavy atom. The van der Waals surface area contributed by atoms with Crippen molar-refractivity contribution < 1.29 is 14.5 Å². The van der Waals surface area contributed by atoms with E-state index in [0.29, 0.717) is 13.1 Å². The van der Waals surface area contributed by atoms with Gasteiger partial charge >= 0.3 is 6.09 Å². The Balaban J connectivity index is 1.65. The van der Waals surface area contributed by atoms with Crippen LogP contribution < -0.4 is 0 Å². The molecule has 0 radical (unpaired) electrons. The molecule has 0 spiro atoms. The Hall–Kier alpha value is -3.61. The van der Waals surface area contributed by atoms with Crippen LogP contribution in [0.2, 0.25) is 0 Å². The van der Waals surface area contributed by atoms with E-state index in [2.05, 4.69) is 22.9 Å². The van der Waals surface area contributed by atoms with Crippen molar-refractivity contribution >= 4 is 28.3 Å². The van der Waals surface area contributed by atoms with Crippen LogP contribution in [0.5, 0.6) is 0 Å². The normalized spacial score (nSPS) is 14.4. The summed E-state index contributed by atoms with van der Waals surface area (Å²) in [5.41, 5.74) is 3.73. The lowest BCUT2D eigenvalue weighted by atomic mass is 9.99. The summed E-state index contributed by atoms with van der Waals surface area (Å²) in [6.07, 6.45) is 4.58. The van der Waals surface area contributed by atoms with Crippen LogP contribution in [-0.2, 0) is 4.74 Å². The number of nitro groups is 1. The van der Waals surface area contributed by atoms with Crippen LogP contribution in [0.25, 0.3) is 22.2 Å². The Bertz CT molecular complexity index is 1170. The lowest BCUT2D eigenvalue weighted by molar-refractivity contribution is -0.384. The van der Waals surface area contributed by atoms with Gasteiger partial charge in [0.1, 0.15) is 5.60 Å². The number of hydrogen-bond acceptors (Lipinski definition) is 4. The van der Waals surface area contributed by atoms with Gasteiger partial charge in [0, 0.05) is 48.1 Å². The molecule has 7 heteroatoms. The number of rotatable bonds is 3. The molecule has 4 rings (SSSR count). The van der Waals surface area contributed by atoms with Gasteiger partial charge < -0.3 is 14.2 Å². The number of para-hydroxylation sites is 1. The highest BCUT2D eigenvalue weighted by Crippen LogP contribution is 2.33. The van der Waals surface area contributed by atoms with Gasteiger partial charge in [-0.1, -0.05) is 24.3 Å². The Morgan fingerprint density at radius 3 is 2.42 bits per heavy atom. The molecule has 0 fully saturated rings. The number of nitro benzene ring substituents is 1. The third-order valence-corrected chi connectivity index (χ3v) is 5.26. The lowest BCUT2D eigenvalue weighted by Gasteiger charge is -2.29. The molecule has 0 saturated heterocycles. The second kappa shape index (κ2) is 7.91. The summed E-state index contributed by atoms with van der Waals surface area (Å²) in [4.78, 5) is 24.6. The fourth-order valence-electron chi connectivity index (χ4n) is 3.79. The van der Waals surface area contributed by atoms with Crippen molar-refractivity contribution in [3.05, 3.63) is 76.5 Å². The fourth-order valence-corrected chi connectivity index (χ4v) is 3.79. The van der Waals surface area contributed by atoms with Gasteiger partial charge in [-0.2, -0.15) is 0 Å². The average Bonchev–Trinajstić information content (AvgIpc) is 3.12. The quantitative estimate of drug-likeness (QED) is 0.411. The van der Waals surface area contributed by atoms with Crippen molar-refractivity contribution in [1.82, 2.24) is 9.47 Å². The molecule has 160 valence electrons. The third-order valence-electron chi connectivity index (χ3n) is 5.26. The van der Waals surface area contributed by atoms with Gasteiger partial charge in [-0.15, -0.1) is 0 Å². The predicted molar refractivity (Wildman–Crippen MR) is 120 cm³/mol. The van der Waals surface area contributed by atoms with Gasteiger partial charge in [-0.05, 0) is 51.0 Å². The van der Waals surface area contributed by atoms with Crippen LogP contribution in [0.4, 0.5) is 10.5 Å². The first-order chi connectivity index (χ1) is 14.7. The minimum absolute atomic E-state index is 0.0673. The summed E-state index contributed by atoms with van der Waals surface area (Å²) >= 11 is 0. The Morgan fingerprint density at radius 1 is 1.10 bits per heavy atom. The monoisotopic (exact) mass is 419 g/mol. The zero-order valence-electron chi connectivity index (χ0n) is 17.9. The molecule has 1 aliphatic rings. The van der Waals surface area contributed by atoms with Crippen LogP contribution in [0.15, 0.2) is 60.8 Å². The first-order valence-electron chi connectivity index (χ1n) is 10.3. The number of nitrogens with zero attached hydrogens (tertiary/aromatic N) is 3. The minimum atomic E-state index is -0.515. The second-order valence-electron chi connectivity index (χ2n) is 8.61. The number of amides is 1. The summed E-state index contributed by atoms with van der Waals surface area (Å²) in [5, 5.41) is 12.1. The predicted octanol–water partition coefficient (Wildman–Crippen LogP) is 5.56. The van der Waals surface area contributed by atoms with E-state index >= 15 is 0 Å². The van der Waals surface area contributed by atoms with Crippen LogP contribution >= 0.6 is 0 Å². The smallest absolute Gasteiger partial charge is 0.410 e. The van der Waals surface area contributed by atoms with Gasteiger partial charge in [0.25, 0.3) is 5.69 Å². The van der Waals surface area contributed by atoms with E-state index in [4.69, 9.17) is 4.74 Å². The maximum absolute atomic E-state index is 12.4. The number of carbonyl (C=O) groups is 1. The molecule has 0 saturated carbocycles. The summed E-state index contributed by atoms with van der Waals surface area (Å²) < 4.78 is 7.53. The highest BCUT2D eigenvalue weighted by molar-refractivity contribution is 5.94. The number of non-ortho nitro benzene ring substituents is 1. The maximum atomic E-state index is 12.4. The van der Waals surface area contributed by atoms with Crippen molar-refractivity contribution in [2.24, 2.45) is 0 Å². The number of ether oxygens (including phenoxy) is 1. The molecule has 0 N–H and O–H groups in total. The Kier molecular flexibility index (Phi) is 5.27. The van der Waals surface area contributed by atoms with E-state index in [1.165, 1.54) is 17.7 Å². The number of hydrogen-bond donors (Lipinski definition) is 0. The van der Waals surface area contributed by atoms with E-state index in [1.807, 2.05) is 39.0 Å². The summed E-state index contributed by atoms with van der Waals surface area (Å²) in [6.45, 7) is 6.69. The van der Waals surface area contributed by atoms with Crippen LogP contribution in [0, 0.1) is 10.1 Å². The Labute approximate surface area is 180 Å². The van der Waals surface area contributed by atoms with E-state index in [1.54, 1.807) is 17.0 Å². The van der Waals surface area contributed by atoms with E-state index in [9.17, 15) is 14.9 Å². The molecule has 0 aliphatic carbocycles. The summed E-state index contributed by atoms with van der Waals surface area (Å²) in [5.74, 6) is 0. The van der Waals surface area contributed by atoms with Gasteiger partial charge in [0.05, 0.1) is 10.4 Å². The first kappa shape index (κ1) is 20.7. The highest BCUT2D eigenvalue weighted by Gasteiger charge is 2.25. The molecular formula is C24H25N3O4. The SMILES string of the molecule is CC(C)(C)OC(=O)N1CC=C(c2cn(-c3ccc([N+](=O)[O-])cc3)c3ccccc23)CC1. The van der Waals surface area contributed by atoms with Gasteiger partial charge in [0.15, 0.2) is 0 Å². The molecule has 3 aromatic rings. The topological polar surface area (TPSA) is 77.6 Å². The molecule has 1 aromatic heterocycles. The maximum Gasteiger partial charge on any atom is 0.410 e. The van der Waals surface area contributed by atoms with E-state index in [0.717, 1.165) is 28.6 Å². The molecule has 2 heterocycles. The summed E-state index contributed by atoms with van der Waals surface area (Å²) in [7, 11) is 0. The number of benzene rings is 2. The molecule has 2 aromatic carbocycles. The van der Waals surface area contributed by atoms with Crippen LogP contribution in [0.3, 0.4) is 0 Å². The third kappa shape index (κ3) is 4.30. The van der Waals surface area contributed by atoms with Crippen molar-refractivity contribution in [3.8, 4) is 5.69 Å². The van der Waals surface area contributed by atoms with Gasteiger partial charge in [-0.25, -0.2) is 4.79 Å². The van der Waals surface area contributed by atoms with Crippen LogP contribution in [-0.4, -0.2) is 39.2 Å². The van der Waals surface area contributed by atoms with Crippen LogP contribution in [0.1, 0.15) is 32.8 Å². The second-order valence-corrected chi connectivity index (χ2v) is 8.61. The molecule has 1 aliphatic heterocycles. The standard InChI is InChI=1S/C24H25N3O4/c1-24(2,3)31-23(28)25-14-12-17(13-15-25)21-16-26(22-7-5-4-6-20(21)22)18-8-10-19(11-9-18)27(29)30/h4-12,16H,13-15H2,1-3H3. The highest BCUT2D eigenvalue weighted by atomic mass is 16.6. The average molecular weight is 419 g/mol. The van der Waals surface area contributed by atoms with Crippen molar-refractivity contribution in [2.45, 2.75) is 32.8 Å². The largest absolute Gasteiger partial charge is 0.444 e. The number of carbonyl (C=O) groups excluding carboxylic acids is 1. The number of fused-ring (bicyclic) bond motifs is 1. The van der Waals surface area contributed by atoms with E-state index < -0.39 is 10.5 Å². The van der Waals surface area contributed by atoms with Crippen molar-refractivity contribution in [2.75, 3.05) is 13.1 Å². The van der Waals surface area contributed by atoms with E-state index in [-0.39, 0.29) is 11.8 Å².